The maximum absolute atomic E-state index is 5.58. The zero-order valence-electron chi connectivity index (χ0n) is 9.49. The Morgan fingerprint density at radius 1 is 1.06 bits per heavy atom. The van der Waals surface area contributed by atoms with E-state index in [9.17, 15) is 0 Å². The van der Waals surface area contributed by atoms with Crippen LogP contribution in [0.4, 0.5) is 0 Å². The predicted molar refractivity (Wildman–Crippen MR) is 64.2 cm³/mol. The van der Waals surface area contributed by atoms with Crippen LogP contribution in [0.1, 0.15) is 25.3 Å². The number of ether oxygens (including phenoxy) is 2. The molecule has 3 rings (SSSR count). The van der Waals surface area contributed by atoms with Gasteiger partial charge in [-0.15, -0.1) is 0 Å². The van der Waals surface area contributed by atoms with Gasteiger partial charge in [-0.1, -0.05) is 38.1 Å². The molecule has 1 heterocycles. The maximum atomic E-state index is 5.58. The lowest BCUT2D eigenvalue weighted by atomic mass is 9.95. The molecular weight excluding hydrogens is 200 g/mol. The van der Waals surface area contributed by atoms with Crippen molar-refractivity contribution in [1.82, 2.24) is 0 Å². The van der Waals surface area contributed by atoms with Crippen LogP contribution >= 0.6 is 0 Å². The van der Waals surface area contributed by atoms with Crippen molar-refractivity contribution in [3.8, 4) is 11.5 Å². The quantitative estimate of drug-likeness (QED) is 0.720. The first kappa shape index (κ1) is 9.52. The third kappa shape index (κ3) is 1.26. The summed E-state index contributed by atoms with van der Waals surface area (Å²) in [6.45, 7) is 4.73. The highest BCUT2D eigenvalue weighted by Gasteiger charge is 2.19. The highest BCUT2D eigenvalue weighted by atomic mass is 16.7. The van der Waals surface area contributed by atoms with E-state index in [0.717, 1.165) is 11.5 Å². The second-order valence-corrected chi connectivity index (χ2v) is 4.40. The second-order valence-electron chi connectivity index (χ2n) is 4.40. The molecule has 2 nitrogen and oxygen atoms in total. The minimum absolute atomic E-state index is 0.334. The number of benzene rings is 2. The summed E-state index contributed by atoms with van der Waals surface area (Å²) in [5, 5.41) is 2.42. The van der Waals surface area contributed by atoms with E-state index in [1.54, 1.807) is 0 Å². The molecule has 1 aliphatic heterocycles. The van der Waals surface area contributed by atoms with E-state index in [-0.39, 0.29) is 0 Å². The van der Waals surface area contributed by atoms with E-state index < -0.39 is 0 Å². The summed E-state index contributed by atoms with van der Waals surface area (Å²) in [4.78, 5) is 0. The summed E-state index contributed by atoms with van der Waals surface area (Å²) < 4.78 is 11.0. The van der Waals surface area contributed by atoms with Gasteiger partial charge in [0, 0.05) is 5.39 Å². The monoisotopic (exact) mass is 214 g/mol. The van der Waals surface area contributed by atoms with Gasteiger partial charge in [0.2, 0.25) is 6.79 Å². The van der Waals surface area contributed by atoms with Crippen molar-refractivity contribution in [2.45, 2.75) is 19.8 Å². The third-order valence-electron chi connectivity index (χ3n) is 3.03. The topological polar surface area (TPSA) is 18.5 Å². The summed E-state index contributed by atoms with van der Waals surface area (Å²) in [7, 11) is 0. The summed E-state index contributed by atoms with van der Waals surface area (Å²) in [6, 6.07) is 10.4. The first-order chi connectivity index (χ1) is 7.77. The van der Waals surface area contributed by atoms with E-state index in [2.05, 4.69) is 38.1 Å². The van der Waals surface area contributed by atoms with Crippen LogP contribution in [-0.4, -0.2) is 6.79 Å². The Hall–Kier alpha value is -1.70. The van der Waals surface area contributed by atoms with E-state index in [1.807, 2.05) is 6.07 Å². The van der Waals surface area contributed by atoms with Crippen LogP contribution in [-0.2, 0) is 0 Å². The van der Waals surface area contributed by atoms with Crippen LogP contribution in [0, 0.1) is 0 Å². The molecule has 0 saturated carbocycles. The fourth-order valence-corrected chi connectivity index (χ4v) is 2.24. The van der Waals surface area contributed by atoms with Crippen molar-refractivity contribution in [3.05, 3.63) is 35.9 Å². The lowest BCUT2D eigenvalue weighted by Gasteiger charge is -2.11. The molecule has 0 amide bonds. The summed E-state index contributed by atoms with van der Waals surface area (Å²) >= 11 is 0. The Morgan fingerprint density at radius 3 is 2.75 bits per heavy atom. The average molecular weight is 214 g/mol. The Balaban J connectivity index is 2.40. The molecule has 0 fully saturated rings. The van der Waals surface area contributed by atoms with E-state index in [4.69, 9.17) is 9.47 Å². The largest absolute Gasteiger partial charge is 0.454 e. The number of hydrogen-bond donors (Lipinski definition) is 0. The lowest BCUT2D eigenvalue weighted by molar-refractivity contribution is 0.175. The molecule has 2 aromatic rings. The minimum Gasteiger partial charge on any atom is -0.454 e. The van der Waals surface area contributed by atoms with Crippen LogP contribution < -0.4 is 9.47 Å². The first-order valence-electron chi connectivity index (χ1n) is 5.58. The van der Waals surface area contributed by atoms with Crippen molar-refractivity contribution < 1.29 is 9.47 Å². The van der Waals surface area contributed by atoms with Gasteiger partial charge in [0.25, 0.3) is 0 Å². The highest BCUT2D eigenvalue weighted by molar-refractivity contribution is 5.94. The summed E-state index contributed by atoms with van der Waals surface area (Å²) in [5.74, 6) is 2.25. The standard InChI is InChI=1S/C14H14O2/c1-9(2)11-5-3-4-10-6-7-12-14(13(10)11)16-8-15-12/h3-7,9H,8H2,1-2H3. The molecule has 0 aromatic heterocycles. The van der Waals surface area contributed by atoms with Gasteiger partial charge in [0.1, 0.15) is 0 Å². The van der Waals surface area contributed by atoms with Gasteiger partial charge < -0.3 is 9.47 Å². The lowest BCUT2D eigenvalue weighted by Crippen LogP contribution is -1.94. The van der Waals surface area contributed by atoms with Gasteiger partial charge >= 0.3 is 0 Å². The normalized spacial score (nSPS) is 13.7. The number of hydrogen-bond acceptors (Lipinski definition) is 2. The molecule has 2 aromatic carbocycles. The Bertz CT molecular complexity index is 544. The zero-order chi connectivity index (χ0) is 11.1. The van der Waals surface area contributed by atoms with Crippen molar-refractivity contribution >= 4 is 10.8 Å². The minimum atomic E-state index is 0.334. The molecule has 0 aliphatic carbocycles. The van der Waals surface area contributed by atoms with Crippen LogP contribution in [0.3, 0.4) is 0 Å². The number of rotatable bonds is 1. The molecule has 0 unspecified atom stereocenters. The van der Waals surface area contributed by atoms with Gasteiger partial charge in [-0.25, -0.2) is 0 Å². The van der Waals surface area contributed by atoms with Gasteiger partial charge in [-0.05, 0) is 22.9 Å². The Labute approximate surface area is 94.8 Å². The predicted octanol–water partition coefficient (Wildman–Crippen LogP) is 3.69. The molecule has 0 bridgehead atoms. The SMILES string of the molecule is CC(C)c1cccc2ccc3c(c12)OCO3. The van der Waals surface area contributed by atoms with Crippen LogP contribution in [0.2, 0.25) is 0 Å². The molecular formula is C14H14O2. The smallest absolute Gasteiger partial charge is 0.231 e. The van der Waals surface area contributed by atoms with E-state index >= 15 is 0 Å². The van der Waals surface area contributed by atoms with Crippen molar-refractivity contribution in [3.63, 3.8) is 0 Å². The fraction of sp³-hybridized carbons (Fsp3) is 0.286. The third-order valence-corrected chi connectivity index (χ3v) is 3.03. The summed E-state index contributed by atoms with van der Waals surface area (Å²) in [6.07, 6.45) is 0. The van der Waals surface area contributed by atoms with Gasteiger partial charge in [0.05, 0.1) is 0 Å². The van der Waals surface area contributed by atoms with Crippen molar-refractivity contribution in [2.75, 3.05) is 6.79 Å². The molecule has 16 heavy (non-hydrogen) atoms. The Morgan fingerprint density at radius 2 is 1.94 bits per heavy atom. The molecule has 0 atom stereocenters. The van der Waals surface area contributed by atoms with E-state index in [0.29, 0.717) is 12.7 Å². The van der Waals surface area contributed by atoms with E-state index in [1.165, 1.54) is 16.3 Å². The van der Waals surface area contributed by atoms with Crippen LogP contribution in [0.15, 0.2) is 30.3 Å². The highest BCUT2D eigenvalue weighted by Crippen LogP contribution is 2.42. The molecule has 0 N–H and O–H groups in total. The average Bonchev–Trinajstić information content (AvgIpc) is 2.76. The first-order valence-corrected chi connectivity index (χ1v) is 5.58. The fourth-order valence-electron chi connectivity index (χ4n) is 2.24. The number of fused-ring (bicyclic) bond motifs is 3. The van der Waals surface area contributed by atoms with Crippen molar-refractivity contribution in [2.24, 2.45) is 0 Å². The van der Waals surface area contributed by atoms with Crippen LogP contribution in [0.5, 0.6) is 11.5 Å². The Kier molecular flexibility index (Phi) is 2.03. The van der Waals surface area contributed by atoms with Gasteiger partial charge in [0.15, 0.2) is 11.5 Å². The summed E-state index contributed by atoms with van der Waals surface area (Å²) in [5.41, 5.74) is 1.32. The molecule has 0 radical (unpaired) electrons. The maximum Gasteiger partial charge on any atom is 0.231 e. The zero-order valence-corrected chi connectivity index (χ0v) is 9.49. The van der Waals surface area contributed by atoms with Crippen LogP contribution in [0.25, 0.3) is 10.8 Å². The molecule has 1 aliphatic rings. The van der Waals surface area contributed by atoms with Crippen molar-refractivity contribution in [1.29, 1.82) is 0 Å². The second kappa shape index (κ2) is 3.41. The van der Waals surface area contributed by atoms with Gasteiger partial charge in [-0.2, -0.15) is 0 Å². The molecule has 82 valence electrons. The van der Waals surface area contributed by atoms with Gasteiger partial charge in [-0.3, -0.25) is 0 Å². The molecule has 2 heteroatoms. The molecule has 0 spiro atoms. The molecule has 0 saturated heterocycles.